The summed E-state index contributed by atoms with van der Waals surface area (Å²) in [7, 11) is 0. The van der Waals surface area contributed by atoms with Crippen LogP contribution in [-0.4, -0.2) is 46.0 Å². The molecule has 1 fully saturated rings. The highest BCUT2D eigenvalue weighted by Gasteiger charge is 2.23. The van der Waals surface area contributed by atoms with Crippen LogP contribution in [0.25, 0.3) is 0 Å². The van der Waals surface area contributed by atoms with E-state index in [0.29, 0.717) is 48.5 Å². The van der Waals surface area contributed by atoms with Gasteiger partial charge in [0.15, 0.2) is 11.5 Å². The lowest BCUT2D eigenvalue weighted by atomic mass is 10.0. The second-order valence-corrected chi connectivity index (χ2v) is 6.76. The molecule has 1 atom stereocenters. The average molecular weight is 356 g/mol. The number of Topliss-reactive ketones (excluding diaryl/α,β-unsaturated/α-hetero) is 1. The number of carbonyl (C=O) groups is 2. The van der Waals surface area contributed by atoms with E-state index in [-0.39, 0.29) is 11.7 Å². The van der Waals surface area contributed by atoms with Crippen molar-refractivity contribution in [2.75, 3.05) is 13.1 Å². The standard InChI is InChI=1S/C20H24N2O4/c1-3-17-19(13(2)23)18(26-21-17)11-14-6-8-15(9-7-14)20(25)22-10-4-5-16(24)12-22/h6-9,16,24H,3-5,10-12H2,1-2H3. The summed E-state index contributed by atoms with van der Waals surface area (Å²) in [5, 5.41) is 13.7. The zero-order chi connectivity index (χ0) is 18.7. The summed E-state index contributed by atoms with van der Waals surface area (Å²) < 4.78 is 5.36. The van der Waals surface area contributed by atoms with Crippen molar-refractivity contribution in [3.8, 4) is 0 Å². The van der Waals surface area contributed by atoms with Crippen LogP contribution in [0, 0.1) is 0 Å². The normalized spacial score (nSPS) is 17.3. The number of nitrogens with zero attached hydrogens (tertiary/aromatic N) is 2. The number of carbonyl (C=O) groups excluding carboxylic acids is 2. The molecule has 2 heterocycles. The lowest BCUT2D eigenvalue weighted by Gasteiger charge is -2.30. The number of aliphatic hydroxyl groups excluding tert-OH is 1. The van der Waals surface area contributed by atoms with Crippen molar-refractivity contribution in [3.05, 3.63) is 52.4 Å². The fraction of sp³-hybridized carbons (Fsp3) is 0.450. The van der Waals surface area contributed by atoms with Crippen LogP contribution in [0.3, 0.4) is 0 Å². The van der Waals surface area contributed by atoms with Crippen LogP contribution in [0.4, 0.5) is 0 Å². The Morgan fingerprint density at radius 3 is 2.65 bits per heavy atom. The number of aliphatic hydroxyl groups is 1. The van der Waals surface area contributed by atoms with E-state index in [2.05, 4.69) is 5.16 Å². The predicted octanol–water partition coefficient (Wildman–Crippen LogP) is 2.63. The number of aromatic nitrogens is 1. The molecule has 26 heavy (non-hydrogen) atoms. The number of piperidine rings is 1. The number of rotatable bonds is 5. The van der Waals surface area contributed by atoms with Gasteiger partial charge in [0.25, 0.3) is 5.91 Å². The molecule has 1 aliphatic rings. The Morgan fingerprint density at radius 1 is 1.31 bits per heavy atom. The van der Waals surface area contributed by atoms with E-state index in [4.69, 9.17) is 4.52 Å². The largest absolute Gasteiger partial charge is 0.391 e. The summed E-state index contributed by atoms with van der Waals surface area (Å²) in [6.45, 7) is 4.52. The zero-order valence-corrected chi connectivity index (χ0v) is 15.2. The molecule has 6 nitrogen and oxygen atoms in total. The molecule has 1 unspecified atom stereocenters. The van der Waals surface area contributed by atoms with E-state index in [1.165, 1.54) is 6.92 Å². The first-order valence-corrected chi connectivity index (χ1v) is 9.04. The molecule has 1 N–H and O–H groups in total. The Kier molecular flexibility index (Phi) is 5.52. The maximum atomic E-state index is 12.5. The fourth-order valence-electron chi connectivity index (χ4n) is 3.40. The summed E-state index contributed by atoms with van der Waals surface area (Å²) in [4.78, 5) is 26.1. The number of likely N-dealkylation sites (tertiary alicyclic amines) is 1. The number of hydrogen-bond donors (Lipinski definition) is 1. The third kappa shape index (κ3) is 3.85. The topological polar surface area (TPSA) is 83.6 Å². The number of ketones is 1. The Hall–Kier alpha value is -2.47. The number of amides is 1. The van der Waals surface area contributed by atoms with E-state index in [1.54, 1.807) is 17.0 Å². The van der Waals surface area contributed by atoms with E-state index in [9.17, 15) is 14.7 Å². The van der Waals surface area contributed by atoms with Gasteiger partial charge in [0.05, 0.1) is 17.4 Å². The molecule has 6 heteroatoms. The molecule has 0 saturated carbocycles. The van der Waals surface area contributed by atoms with Gasteiger partial charge >= 0.3 is 0 Å². The highest BCUT2D eigenvalue weighted by atomic mass is 16.5. The van der Waals surface area contributed by atoms with Crippen LogP contribution >= 0.6 is 0 Å². The second-order valence-electron chi connectivity index (χ2n) is 6.76. The Labute approximate surface area is 152 Å². The maximum absolute atomic E-state index is 12.5. The van der Waals surface area contributed by atoms with Crippen LogP contribution in [0.2, 0.25) is 0 Å². The summed E-state index contributed by atoms with van der Waals surface area (Å²) in [5.41, 5.74) is 2.79. The molecule has 1 aliphatic heterocycles. The quantitative estimate of drug-likeness (QED) is 0.833. The van der Waals surface area contributed by atoms with Crippen LogP contribution in [0.1, 0.15) is 64.4 Å². The van der Waals surface area contributed by atoms with Crippen molar-refractivity contribution >= 4 is 11.7 Å². The number of aryl methyl sites for hydroxylation is 1. The maximum Gasteiger partial charge on any atom is 0.253 e. The molecule has 0 radical (unpaired) electrons. The minimum absolute atomic E-state index is 0.0476. The van der Waals surface area contributed by atoms with Crippen LogP contribution < -0.4 is 0 Å². The average Bonchev–Trinajstić information content (AvgIpc) is 3.04. The zero-order valence-electron chi connectivity index (χ0n) is 15.2. The monoisotopic (exact) mass is 356 g/mol. The van der Waals surface area contributed by atoms with Crippen LogP contribution in [-0.2, 0) is 12.8 Å². The molecule has 138 valence electrons. The lowest BCUT2D eigenvalue weighted by molar-refractivity contribution is 0.0473. The molecule has 3 rings (SSSR count). The van der Waals surface area contributed by atoms with Gasteiger partial charge in [-0.2, -0.15) is 0 Å². The highest BCUT2D eigenvalue weighted by molar-refractivity contribution is 5.96. The van der Waals surface area contributed by atoms with Gasteiger partial charge in [-0.3, -0.25) is 9.59 Å². The highest BCUT2D eigenvalue weighted by Crippen LogP contribution is 2.20. The number of hydrogen-bond acceptors (Lipinski definition) is 5. The molecular formula is C20H24N2O4. The van der Waals surface area contributed by atoms with Gasteiger partial charge in [0.1, 0.15) is 0 Å². The van der Waals surface area contributed by atoms with Gasteiger partial charge < -0.3 is 14.5 Å². The van der Waals surface area contributed by atoms with Gasteiger partial charge in [0, 0.05) is 25.1 Å². The predicted molar refractivity (Wildman–Crippen MR) is 96.3 cm³/mol. The molecule has 1 saturated heterocycles. The third-order valence-electron chi connectivity index (χ3n) is 4.77. The lowest BCUT2D eigenvalue weighted by Crippen LogP contribution is -2.42. The number of benzene rings is 1. The van der Waals surface area contributed by atoms with Crippen molar-refractivity contribution < 1.29 is 19.2 Å². The van der Waals surface area contributed by atoms with Gasteiger partial charge in [0.2, 0.25) is 0 Å². The first-order valence-electron chi connectivity index (χ1n) is 9.04. The molecule has 0 aliphatic carbocycles. The first kappa shape index (κ1) is 18.3. The van der Waals surface area contributed by atoms with Gasteiger partial charge in [-0.15, -0.1) is 0 Å². The Morgan fingerprint density at radius 2 is 2.04 bits per heavy atom. The molecule has 0 spiro atoms. The summed E-state index contributed by atoms with van der Waals surface area (Å²) in [5.74, 6) is 0.453. The smallest absolute Gasteiger partial charge is 0.253 e. The molecule has 1 aromatic carbocycles. The Bertz CT molecular complexity index is 795. The van der Waals surface area contributed by atoms with Crippen LogP contribution in [0.5, 0.6) is 0 Å². The SMILES string of the molecule is CCc1noc(Cc2ccc(C(=O)N3CCCC(O)C3)cc2)c1C(C)=O. The van der Waals surface area contributed by atoms with E-state index in [0.717, 1.165) is 18.4 Å². The molecule has 1 amide bonds. The summed E-state index contributed by atoms with van der Waals surface area (Å²) in [6.07, 6.45) is 2.24. The van der Waals surface area contributed by atoms with Gasteiger partial charge in [-0.25, -0.2) is 0 Å². The minimum Gasteiger partial charge on any atom is -0.391 e. The fourth-order valence-corrected chi connectivity index (χ4v) is 3.40. The van der Waals surface area contributed by atoms with Crippen molar-refractivity contribution in [2.24, 2.45) is 0 Å². The third-order valence-corrected chi connectivity index (χ3v) is 4.77. The van der Waals surface area contributed by atoms with E-state index < -0.39 is 6.10 Å². The second kappa shape index (κ2) is 7.83. The first-order chi connectivity index (χ1) is 12.5. The van der Waals surface area contributed by atoms with Crippen molar-refractivity contribution in [1.82, 2.24) is 10.1 Å². The van der Waals surface area contributed by atoms with E-state index >= 15 is 0 Å². The Balaban J connectivity index is 1.73. The minimum atomic E-state index is -0.434. The number of β-amino-alcohol motifs (C(OH)–C–C–N with tert-alkyl or cyclic N) is 1. The summed E-state index contributed by atoms with van der Waals surface area (Å²) in [6, 6.07) is 7.30. The molecular weight excluding hydrogens is 332 g/mol. The molecule has 2 aromatic rings. The van der Waals surface area contributed by atoms with Crippen LogP contribution in [0.15, 0.2) is 28.8 Å². The van der Waals surface area contributed by atoms with E-state index in [1.807, 2.05) is 19.1 Å². The van der Waals surface area contributed by atoms with Crippen molar-refractivity contribution in [2.45, 2.75) is 45.6 Å². The summed E-state index contributed by atoms with van der Waals surface area (Å²) >= 11 is 0. The van der Waals surface area contributed by atoms with Crippen molar-refractivity contribution in [3.63, 3.8) is 0 Å². The molecule has 1 aromatic heterocycles. The van der Waals surface area contributed by atoms with Crippen molar-refractivity contribution in [1.29, 1.82) is 0 Å². The van der Waals surface area contributed by atoms with Gasteiger partial charge in [-0.05, 0) is 43.9 Å². The molecule has 0 bridgehead atoms. The van der Waals surface area contributed by atoms with Gasteiger partial charge in [-0.1, -0.05) is 24.2 Å².